The highest BCUT2D eigenvalue weighted by molar-refractivity contribution is 7.12. The quantitative estimate of drug-likeness (QED) is 0.617. The van der Waals surface area contributed by atoms with Crippen LogP contribution in [0.15, 0.2) is 53.1 Å². The molecule has 2 N–H and O–H groups in total. The number of aliphatic hydroxyl groups excluding tert-OH is 1. The lowest BCUT2D eigenvalue weighted by Crippen LogP contribution is -3.12. The van der Waals surface area contributed by atoms with Crippen LogP contribution in [0, 0.1) is 0 Å². The summed E-state index contributed by atoms with van der Waals surface area (Å²) in [6.45, 7) is 7.26. The van der Waals surface area contributed by atoms with Crippen LogP contribution >= 0.6 is 11.3 Å². The Balaban J connectivity index is 2.05. The number of methoxy groups -OCH3 is 1. The lowest BCUT2D eigenvalue weighted by Gasteiger charge is -2.29. The largest absolute Gasteiger partial charge is 0.503 e. The van der Waals surface area contributed by atoms with Gasteiger partial charge in [-0.1, -0.05) is 24.3 Å². The number of Topliss-reactive ketones (excluding diaryl/α,β-unsaturated/α-hetero) is 1. The number of quaternary nitrogens is 1. The SMILES string of the molecule is CC[NH+](CC)CCN1C(=O)C(O)=C(C(=O)c2cccs2)[C@H]1c1ccccc1OC. The summed E-state index contributed by atoms with van der Waals surface area (Å²) in [4.78, 5) is 29.6. The molecule has 2 aromatic rings. The average molecular weight is 416 g/mol. The summed E-state index contributed by atoms with van der Waals surface area (Å²) in [6.07, 6.45) is 0. The van der Waals surface area contributed by atoms with Crippen molar-refractivity contribution < 1.29 is 24.3 Å². The number of thiophene rings is 1. The van der Waals surface area contributed by atoms with Gasteiger partial charge in [0.1, 0.15) is 5.75 Å². The third-order valence-corrected chi connectivity index (χ3v) is 6.30. The van der Waals surface area contributed by atoms with E-state index >= 15 is 0 Å². The van der Waals surface area contributed by atoms with Crippen LogP contribution in [-0.4, -0.2) is 55.0 Å². The summed E-state index contributed by atoms with van der Waals surface area (Å²) in [6, 6.07) is 10.1. The molecule has 0 bridgehead atoms. The minimum Gasteiger partial charge on any atom is -0.503 e. The van der Waals surface area contributed by atoms with Crippen molar-refractivity contribution in [2.24, 2.45) is 0 Å². The van der Waals surface area contributed by atoms with Crippen molar-refractivity contribution in [3.05, 3.63) is 63.6 Å². The Morgan fingerprint density at radius 3 is 2.55 bits per heavy atom. The number of ketones is 1. The number of hydrogen-bond donors (Lipinski definition) is 2. The zero-order chi connectivity index (χ0) is 21.0. The third-order valence-electron chi connectivity index (χ3n) is 5.43. The molecule has 3 rings (SSSR count). The van der Waals surface area contributed by atoms with E-state index in [0.717, 1.165) is 19.6 Å². The van der Waals surface area contributed by atoms with Crippen LogP contribution < -0.4 is 9.64 Å². The van der Waals surface area contributed by atoms with E-state index in [1.165, 1.54) is 16.2 Å². The number of nitrogens with one attached hydrogen (secondary N) is 1. The number of hydrogen-bond acceptors (Lipinski definition) is 5. The van der Waals surface area contributed by atoms with Gasteiger partial charge in [0.05, 0.1) is 49.8 Å². The van der Waals surface area contributed by atoms with Gasteiger partial charge in [-0.2, -0.15) is 0 Å². The number of amides is 1. The molecule has 29 heavy (non-hydrogen) atoms. The number of carbonyl (C=O) groups is 2. The molecule has 7 heteroatoms. The number of benzene rings is 1. The van der Waals surface area contributed by atoms with E-state index in [0.29, 0.717) is 22.7 Å². The monoisotopic (exact) mass is 415 g/mol. The summed E-state index contributed by atoms with van der Waals surface area (Å²) in [5.41, 5.74) is 0.818. The van der Waals surface area contributed by atoms with Crippen LogP contribution in [-0.2, 0) is 4.79 Å². The molecule has 0 saturated heterocycles. The first-order chi connectivity index (χ1) is 14.0. The summed E-state index contributed by atoms with van der Waals surface area (Å²) >= 11 is 1.30. The second-order valence-electron chi connectivity index (χ2n) is 6.92. The van der Waals surface area contributed by atoms with Crippen molar-refractivity contribution in [1.29, 1.82) is 0 Å². The number of para-hydroxylation sites is 1. The van der Waals surface area contributed by atoms with Crippen molar-refractivity contribution >= 4 is 23.0 Å². The van der Waals surface area contributed by atoms with E-state index in [9.17, 15) is 14.7 Å². The molecule has 1 aromatic carbocycles. The van der Waals surface area contributed by atoms with Crippen LogP contribution in [0.2, 0.25) is 0 Å². The molecule has 0 unspecified atom stereocenters. The van der Waals surface area contributed by atoms with Crippen molar-refractivity contribution in [2.45, 2.75) is 19.9 Å². The van der Waals surface area contributed by atoms with Crippen molar-refractivity contribution in [2.75, 3.05) is 33.3 Å². The lowest BCUT2D eigenvalue weighted by molar-refractivity contribution is -0.895. The molecule has 1 amide bonds. The maximum absolute atomic E-state index is 13.2. The maximum Gasteiger partial charge on any atom is 0.290 e. The fourth-order valence-corrected chi connectivity index (χ4v) is 4.43. The van der Waals surface area contributed by atoms with Gasteiger partial charge < -0.3 is 19.6 Å². The van der Waals surface area contributed by atoms with E-state index in [4.69, 9.17) is 4.74 Å². The summed E-state index contributed by atoms with van der Waals surface area (Å²) in [5.74, 6) is -0.711. The van der Waals surface area contributed by atoms with Gasteiger partial charge in [0, 0.05) is 5.56 Å². The standard InChI is InChI=1S/C22H26N2O4S/c1-4-23(5-2)12-13-24-19(15-9-6-7-10-16(15)28-3)18(21(26)22(24)27)20(25)17-11-8-14-29-17/h6-11,14,19,26H,4-5,12-13H2,1-3H3/p+1/t19-/m1/s1. The zero-order valence-corrected chi connectivity index (χ0v) is 17.8. The predicted molar refractivity (Wildman–Crippen MR) is 113 cm³/mol. The molecule has 1 aromatic heterocycles. The van der Waals surface area contributed by atoms with Crippen LogP contribution in [0.1, 0.15) is 35.1 Å². The molecule has 0 fully saturated rings. The number of aliphatic hydroxyl groups is 1. The topological polar surface area (TPSA) is 71.3 Å². The highest BCUT2D eigenvalue weighted by atomic mass is 32.1. The van der Waals surface area contributed by atoms with Gasteiger partial charge in [-0.25, -0.2) is 0 Å². The number of ether oxygens (including phenoxy) is 1. The van der Waals surface area contributed by atoms with Gasteiger partial charge in [-0.15, -0.1) is 11.3 Å². The van der Waals surface area contributed by atoms with Crippen molar-refractivity contribution in [3.8, 4) is 5.75 Å². The van der Waals surface area contributed by atoms with Crippen LogP contribution in [0.5, 0.6) is 5.75 Å². The fraction of sp³-hybridized carbons (Fsp3) is 0.364. The highest BCUT2D eigenvalue weighted by Gasteiger charge is 2.45. The van der Waals surface area contributed by atoms with E-state index in [1.54, 1.807) is 35.6 Å². The van der Waals surface area contributed by atoms with Crippen LogP contribution in [0.4, 0.5) is 0 Å². The molecule has 2 heterocycles. The average Bonchev–Trinajstić information content (AvgIpc) is 3.37. The number of rotatable bonds is 9. The summed E-state index contributed by atoms with van der Waals surface area (Å²) in [7, 11) is 1.56. The lowest BCUT2D eigenvalue weighted by atomic mass is 9.94. The molecule has 1 atom stereocenters. The number of carbonyl (C=O) groups excluding carboxylic acids is 2. The first kappa shape index (κ1) is 21.1. The van der Waals surface area contributed by atoms with E-state index in [-0.39, 0.29) is 11.4 Å². The number of likely N-dealkylation sites (N-methyl/N-ethyl adjacent to an activating group) is 1. The van der Waals surface area contributed by atoms with Gasteiger partial charge in [0.2, 0.25) is 5.78 Å². The number of nitrogens with zero attached hydrogens (tertiary/aromatic N) is 1. The van der Waals surface area contributed by atoms with Crippen LogP contribution in [0.25, 0.3) is 0 Å². The first-order valence-electron chi connectivity index (χ1n) is 9.82. The highest BCUT2D eigenvalue weighted by Crippen LogP contribution is 2.42. The van der Waals surface area contributed by atoms with E-state index in [2.05, 4.69) is 13.8 Å². The molecular weight excluding hydrogens is 388 g/mol. The smallest absolute Gasteiger partial charge is 0.290 e. The molecular formula is C22H27N2O4S+. The van der Waals surface area contributed by atoms with Gasteiger partial charge >= 0.3 is 0 Å². The Morgan fingerprint density at radius 2 is 1.93 bits per heavy atom. The Bertz CT molecular complexity index is 903. The third kappa shape index (κ3) is 4.06. The van der Waals surface area contributed by atoms with E-state index in [1.807, 2.05) is 18.2 Å². The maximum atomic E-state index is 13.2. The second kappa shape index (κ2) is 9.24. The fourth-order valence-electron chi connectivity index (χ4n) is 3.75. The molecule has 1 aliphatic heterocycles. The van der Waals surface area contributed by atoms with Crippen LogP contribution in [0.3, 0.4) is 0 Å². The second-order valence-corrected chi connectivity index (χ2v) is 7.87. The molecule has 0 spiro atoms. The Hall–Kier alpha value is -2.64. The predicted octanol–water partition coefficient (Wildman–Crippen LogP) is 2.26. The summed E-state index contributed by atoms with van der Waals surface area (Å²) < 4.78 is 5.51. The van der Waals surface area contributed by atoms with E-state index < -0.39 is 17.7 Å². The van der Waals surface area contributed by atoms with Gasteiger partial charge in [0.25, 0.3) is 5.91 Å². The van der Waals surface area contributed by atoms with Gasteiger partial charge in [-0.3, -0.25) is 9.59 Å². The Kier molecular flexibility index (Phi) is 6.71. The molecule has 154 valence electrons. The van der Waals surface area contributed by atoms with Crippen molar-refractivity contribution in [1.82, 2.24) is 4.90 Å². The summed E-state index contributed by atoms with van der Waals surface area (Å²) in [5, 5.41) is 12.5. The first-order valence-corrected chi connectivity index (χ1v) is 10.7. The molecule has 6 nitrogen and oxygen atoms in total. The molecule has 0 saturated carbocycles. The Morgan fingerprint density at radius 1 is 1.21 bits per heavy atom. The van der Waals surface area contributed by atoms with Gasteiger partial charge in [0.15, 0.2) is 5.76 Å². The minimum atomic E-state index is -0.678. The Labute approximate surface area is 175 Å². The normalized spacial score (nSPS) is 16.8. The van der Waals surface area contributed by atoms with Gasteiger partial charge in [-0.05, 0) is 31.4 Å². The zero-order valence-electron chi connectivity index (χ0n) is 17.0. The molecule has 0 aliphatic carbocycles. The minimum absolute atomic E-state index is 0.122. The van der Waals surface area contributed by atoms with Crippen molar-refractivity contribution in [3.63, 3.8) is 0 Å². The molecule has 1 aliphatic rings. The molecule has 0 radical (unpaired) electrons.